The zero-order valence-corrected chi connectivity index (χ0v) is 10.9. The number of hydrogen-bond acceptors (Lipinski definition) is 4. The van der Waals surface area contributed by atoms with Crippen molar-refractivity contribution in [1.29, 1.82) is 0 Å². The standard InChI is InChI=1S/C14H14N4O2/c1-9(19)17-10-3-2-4-11(7-10)18-14(20)12-5-6-16-8-13(12)15/h2-8H,15H2,1H3,(H,17,19)(H,18,20). The molecule has 0 aliphatic heterocycles. The van der Waals surface area contributed by atoms with Crippen LogP contribution < -0.4 is 16.4 Å². The van der Waals surface area contributed by atoms with E-state index < -0.39 is 0 Å². The number of amides is 2. The Hall–Kier alpha value is -2.89. The summed E-state index contributed by atoms with van der Waals surface area (Å²) in [5, 5.41) is 5.36. The van der Waals surface area contributed by atoms with Crippen LogP contribution in [-0.4, -0.2) is 16.8 Å². The molecule has 2 rings (SSSR count). The molecule has 102 valence electrons. The van der Waals surface area contributed by atoms with E-state index in [1.165, 1.54) is 19.3 Å². The van der Waals surface area contributed by atoms with Gasteiger partial charge in [0.05, 0.1) is 17.4 Å². The van der Waals surface area contributed by atoms with Gasteiger partial charge in [-0.25, -0.2) is 0 Å². The third-order valence-corrected chi connectivity index (χ3v) is 2.54. The van der Waals surface area contributed by atoms with E-state index in [0.717, 1.165) is 0 Å². The fraction of sp³-hybridized carbons (Fsp3) is 0.0714. The molecule has 20 heavy (non-hydrogen) atoms. The normalized spacial score (nSPS) is 9.85. The zero-order chi connectivity index (χ0) is 14.5. The second kappa shape index (κ2) is 5.83. The van der Waals surface area contributed by atoms with E-state index in [-0.39, 0.29) is 11.8 Å². The molecule has 0 radical (unpaired) electrons. The summed E-state index contributed by atoms with van der Waals surface area (Å²) in [6.07, 6.45) is 2.92. The minimum Gasteiger partial charge on any atom is -0.397 e. The molecule has 1 aromatic carbocycles. The molecule has 1 heterocycles. The molecule has 1 aromatic heterocycles. The highest BCUT2D eigenvalue weighted by Crippen LogP contribution is 2.17. The molecule has 6 heteroatoms. The van der Waals surface area contributed by atoms with E-state index in [1.807, 2.05) is 0 Å². The Balaban J connectivity index is 2.16. The number of nitrogen functional groups attached to an aromatic ring is 1. The van der Waals surface area contributed by atoms with Crippen LogP contribution in [0.5, 0.6) is 0 Å². The molecule has 0 aliphatic rings. The largest absolute Gasteiger partial charge is 0.397 e. The number of nitrogens with two attached hydrogens (primary N) is 1. The number of pyridine rings is 1. The Morgan fingerprint density at radius 3 is 2.50 bits per heavy atom. The number of carbonyl (C=O) groups excluding carboxylic acids is 2. The summed E-state index contributed by atoms with van der Waals surface area (Å²) in [6, 6.07) is 8.40. The molecule has 0 atom stereocenters. The van der Waals surface area contributed by atoms with Crippen LogP contribution in [0.15, 0.2) is 42.7 Å². The lowest BCUT2D eigenvalue weighted by Crippen LogP contribution is -2.14. The Kier molecular flexibility index (Phi) is 3.95. The van der Waals surface area contributed by atoms with Crippen LogP contribution in [0.1, 0.15) is 17.3 Å². The van der Waals surface area contributed by atoms with Crippen molar-refractivity contribution in [1.82, 2.24) is 4.98 Å². The third kappa shape index (κ3) is 3.32. The minimum atomic E-state index is -0.329. The average Bonchev–Trinajstić information content (AvgIpc) is 2.38. The van der Waals surface area contributed by atoms with E-state index in [4.69, 9.17) is 5.73 Å². The highest BCUT2D eigenvalue weighted by molar-refractivity contribution is 6.07. The Morgan fingerprint density at radius 1 is 1.15 bits per heavy atom. The molecule has 6 nitrogen and oxygen atoms in total. The van der Waals surface area contributed by atoms with Gasteiger partial charge in [0.1, 0.15) is 0 Å². The quantitative estimate of drug-likeness (QED) is 0.793. The predicted octanol–water partition coefficient (Wildman–Crippen LogP) is 1.87. The number of benzene rings is 1. The summed E-state index contributed by atoms with van der Waals surface area (Å²) in [5.74, 6) is -0.503. The highest BCUT2D eigenvalue weighted by Gasteiger charge is 2.09. The smallest absolute Gasteiger partial charge is 0.257 e. The van der Waals surface area contributed by atoms with Gasteiger partial charge in [0.25, 0.3) is 5.91 Å². The van der Waals surface area contributed by atoms with Crippen molar-refractivity contribution in [2.45, 2.75) is 6.92 Å². The molecule has 2 amide bonds. The maximum Gasteiger partial charge on any atom is 0.257 e. The number of nitrogens with one attached hydrogen (secondary N) is 2. The van der Waals surface area contributed by atoms with Crippen molar-refractivity contribution in [2.24, 2.45) is 0 Å². The van der Waals surface area contributed by atoms with Crippen LogP contribution in [0.3, 0.4) is 0 Å². The highest BCUT2D eigenvalue weighted by atomic mass is 16.2. The van der Waals surface area contributed by atoms with Gasteiger partial charge in [-0.15, -0.1) is 0 Å². The van der Waals surface area contributed by atoms with Crippen molar-refractivity contribution in [2.75, 3.05) is 16.4 Å². The lowest BCUT2D eigenvalue weighted by Gasteiger charge is -2.09. The lowest BCUT2D eigenvalue weighted by atomic mass is 10.2. The third-order valence-electron chi connectivity index (χ3n) is 2.54. The van der Waals surface area contributed by atoms with E-state index >= 15 is 0 Å². The van der Waals surface area contributed by atoms with Crippen LogP contribution in [0.25, 0.3) is 0 Å². The predicted molar refractivity (Wildman–Crippen MR) is 77.3 cm³/mol. The zero-order valence-electron chi connectivity index (χ0n) is 10.9. The van der Waals surface area contributed by atoms with Crippen molar-refractivity contribution < 1.29 is 9.59 Å². The number of rotatable bonds is 3. The number of carbonyl (C=O) groups is 2. The second-order valence-corrected chi connectivity index (χ2v) is 4.18. The first-order chi connectivity index (χ1) is 9.56. The van der Waals surface area contributed by atoms with E-state index in [2.05, 4.69) is 15.6 Å². The van der Waals surface area contributed by atoms with Gasteiger partial charge < -0.3 is 16.4 Å². The van der Waals surface area contributed by atoms with Gasteiger partial charge in [0.2, 0.25) is 5.91 Å². The molecular formula is C14H14N4O2. The van der Waals surface area contributed by atoms with Crippen molar-refractivity contribution in [3.8, 4) is 0 Å². The Bertz CT molecular complexity index is 655. The monoisotopic (exact) mass is 270 g/mol. The Labute approximate surface area is 116 Å². The first-order valence-corrected chi connectivity index (χ1v) is 5.95. The minimum absolute atomic E-state index is 0.174. The summed E-state index contributed by atoms with van der Waals surface area (Å²) in [5.41, 5.74) is 7.53. The maximum absolute atomic E-state index is 12.1. The van der Waals surface area contributed by atoms with Crippen LogP contribution >= 0.6 is 0 Å². The molecule has 2 aromatic rings. The topological polar surface area (TPSA) is 97.1 Å². The van der Waals surface area contributed by atoms with Crippen molar-refractivity contribution in [3.63, 3.8) is 0 Å². The number of anilines is 3. The van der Waals surface area contributed by atoms with Gasteiger partial charge in [-0.3, -0.25) is 14.6 Å². The molecular weight excluding hydrogens is 256 g/mol. The molecule has 0 fully saturated rings. The second-order valence-electron chi connectivity index (χ2n) is 4.18. The lowest BCUT2D eigenvalue weighted by molar-refractivity contribution is -0.114. The summed E-state index contributed by atoms with van der Waals surface area (Å²) in [7, 11) is 0. The van der Waals surface area contributed by atoms with Gasteiger partial charge in [-0.2, -0.15) is 0 Å². The van der Waals surface area contributed by atoms with Crippen molar-refractivity contribution >= 4 is 28.9 Å². The van der Waals surface area contributed by atoms with Crippen LogP contribution in [0, 0.1) is 0 Å². The van der Waals surface area contributed by atoms with E-state index in [9.17, 15) is 9.59 Å². The summed E-state index contributed by atoms with van der Waals surface area (Å²) in [6.45, 7) is 1.42. The SMILES string of the molecule is CC(=O)Nc1cccc(NC(=O)c2ccncc2N)c1. The molecule has 0 aliphatic carbocycles. The summed E-state index contributed by atoms with van der Waals surface area (Å²) >= 11 is 0. The molecule has 0 saturated carbocycles. The number of nitrogens with zero attached hydrogens (tertiary/aromatic N) is 1. The van der Waals surface area contributed by atoms with Gasteiger partial charge in [-0.05, 0) is 24.3 Å². The fourth-order valence-corrected chi connectivity index (χ4v) is 1.69. The van der Waals surface area contributed by atoms with E-state index in [1.54, 1.807) is 30.3 Å². The number of aromatic nitrogens is 1. The summed E-state index contributed by atoms with van der Waals surface area (Å²) in [4.78, 5) is 26.9. The fourth-order valence-electron chi connectivity index (χ4n) is 1.69. The van der Waals surface area contributed by atoms with Crippen LogP contribution in [-0.2, 0) is 4.79 Å². The van der Waals surface area contributed by atoms with Crippen molar-refractivity contribution in [3.05, 3.63) is 48.3 Å². The van der Waals surface area contributed by atoms with Gasteiger partial charge in [0, 0.05) is 24.5 Å². The van der Waals surface area contributed by atoms with Gasteiger partial charge >= 0.3 is 0 Å². The number of hydrogen-bond donors (Lipinski definition) is 3. The average molecular weight is 270 g/mol. The van der Waals surface area contributed by atoms with Gasteiger partial charge in [0.15, 0.2) is 0 Å². The first kappa shape index (κ1) is 13.5. The molecule has 0 bridgehead atoms. The Morgan fingerprint density at radius 2 is 1.85 bits per heavy atom. The van der Waals surface area contributed by atoms with E-state index in [0.29, 0.717) is 22.6 Å². The molecule has 0 unspecified atom stereocenters. The van der Waals surface area contributed by atoms with Gasteiger partial charge in [-0.1, -0.05) is 6.07 Å². The summed E-state index contributed by atoms with van der Waals surface area (Å²) < 4.78 is 0. The molecule has 0 saturated heterocycles. The van der Waals surface area contributed by atoms with Crippen LogP contribution in [0.2, 0.25) is 0 Å². The molecule has 0 spiro atoms. The maximum atomic E-state index is 12.1. The molecule has 4 N–H and O–H groups in total. The van der Waals surface area contributed by atoms with Crippen LogP contribution in [0.4, 0.5) is 17.1 Å². The first-order valence-electron chi connectivity index (χ1n) is 5.95.